The second kappa shape index (κ2) is 9.38. The lowest BCUT2D eigenvalue weighted by Gasteiger charge is -2.33. The number of nitrogens with one attached hydrogen (secondary N) is 1. The summed E-state index contributed by atoms with van der Waals surface area (Å²) in [5.74, 6) is 0.192. The minimum atomic E-state index is -0.480. The minimum absolute atomic E-state index is 0.0970. The van der Waals surface area contributed by atoms with Crippen LogP contribution in [0.25, 0.3) is 0 Å². The number of rotatable bonds is 5. The summed E-state index contributed by atoms with van der Waals surface area (Å²) in [7, 11) is 0. The lowest BCUT2D eigenvalue weighted by Crippen LogP contribution is -2.50. The van der Waals surface area contributed by atoms with Gasteiger partial charge in [-0.25, -0.2) is 0 Å². The quantitative estimate of drug-likeness (QED) is 0.778. The van der Waals surface area contributed by atoms with Crippen LogP contribution in [-0.4, -0.2) is 59.2 Å². The first-order valence-corrected chi connectivity index (χ1v) is 11.6. The van der Waals surface area contributed by atoms with Gasteiger partial charge in [0.05, 0.1) is 0 Å². The van der Waals surface area contributed by atoms with Gasteiger partial charge in [-0.15, -0.1) is 0 Å². The van der Waals surface area contributed by atoms with Crippen molar-refractivity contribution in [2.75, 3.05) is 19.6 Å². The second-order valence-electron chi connectivity index (χ2n) is 8.72. The topological polar surface area (TPSA) is 69.7 Å². The van der Waals surface area contributed by atoms with Crippen LogP contribution in [0.2, 0.25) is 5.02 Å². The lowest BCUT2D eigenvalue weighted by atomic mass is 9.84. The molecule has 162 valence electrons. The fourth-order valence-corrected chi connectivity index (χ4v) is 5.48. The molecule has 4 rings (SSSR count). The van der Waals surface area contributed by atoms with Gasteiger partial charge in [-0.3, -0.25) is 14.4 Å². The van der Waals surface area contributed by atoms with Crippen LogP contribution in [0.1, 0.15) is 61.7 Å². The number of likely N-dealkylation sites (tertiary alicyclic amines) is 2. The fraction of sp³-hybridized carbons (Fsp3) is 0.609. The third kappa shape index (κ3) is 4.48. The highest BCUT2D eigenvalue weighted by molar-refractivity contribution is 6.31. The van der Waals surface area contributed by atoms with E-state index in [1.54, 1.807) is 29.2 Å². The van der Waals surface area contributed by atoms with Gasteiger partial charge in [0.2, 0.25) is 11.8 Å². The molecule has 1 saturated carbocycles. The number of nitrogens with zero attached hydrogens (tertiary/aromatic N) is 2. The number of carbonyl (C=O) groups is 3. The Morgan fingerprint density at radius 2 is 1.83 bits per heavy atom. The number of hydrogen-bond donors (Lipinski definition) is 1. The van der Waals surface area contributed by atoms with Crippen molar-refractivity contribution in [2.45, 2.75) is 63.5 Å². The van der Waals surface area contributed by atoms with Crippen LogP contribution in [-0.2, 0) is 9.59 Å². The highest BCUT2D eigenvalue weighted by atomic mass is 35.5. The molecule has 3 atom stereocenters. The van der Waals surface area contributed by atoms with E-state index in [4.69, 9.17) is 11.6 Å². The van der Waals surface area contributed by atoms with Crippen LogP contribution < -0.4 is 5.32 Å². The molecular weight excluding hydrogens is 402 g/mol. The third-order valence-corrected chi connectivity index (χ3v) is 7.03. The molecule has 0 spiro atoms. The summed E-state index contributed by atoms with van der Waals surface area (Å²) in [4.78, 5) is 42.3. The average Bonchev–Trinajstić information content (AvgIpc) is 3.41. The van der Waals surface area contributed by atoms with Gasteiger partial charge in [-0.05, 0) is 56.2 Å². The molecular formula is C23H30ClN3O3. The summed E-state index contributed by atoms with van der Waals surface area (Å²) in [6.45, 7) is 1.96. The van der Waals surface area contributed by atoms with Gasteiger partial charge < -0.3 is 15.1 Å². The monoisotopic (exact) mass is 431 g/mol. The van der Waals surface area contributed by atoms with E-state index in [0.29, 0.717) is 35.9 Å². The van der Waals surface area contributed by atoms with Crippen molar-refractivity contribution in [1.29, 1.82) is 0 Å². The summed E-state index contributed by atoms with van der Waals surface area (Å²) < 4.78 is 0. The Kier molecular flexibility index (Phi) is 6.61. The Balaban J connectivity index is 1.43. The van der Waals surface area contributed by atoms with Crippen molar-refractivity contribution in [3.63, 3.8) is 0 Å². The molecule has 1 aromatic carbocycles. The van der Waals surface area contributed by atoms with E-state index in [0.717, 1.165) is 51.6 Å². The highest BCUT2D eigenvalue weighted by Gasteiger charge is 2.47. The van der Waals surface area contributed by atoms with Crippen molar-refractivity contribution in [1.82, 2.24) is 15.1 Å². The SMILES string of the molecule is O=C(NCCC(=O)N1CCCC1)[C@@H]1C[C@@H]2CCCC[C@H]2N1C(=O)c1cccc(Cl)c1. The predicted octanol–water partition coefficient (Wildman–Crippen LogP) is 3.24. The molecule has 0 radical (unpaired) electrons. The van der Waals surface area contributed by atoms with Crippen molar-refractivity contribution < 1.29 is 14.4 Å². The van der Waals surface area contributed by atoms with Gasteiger partial charge in [-0.2, -0.15) is 0 Å². The number of hydrogen-bond acceptors (Lipinski definition) is 3. The molecule has 3 fully saturated rings. The molecule has 1 N–H and O–H groups in total. The Bertz CT molecular complexity index is 809. The Hall–Kier alpha value is -2.08. The van der Waals surface area contributed by atoms with Crippen molar-refractivity contribution >= 4 is 29.3 Å². The molecule has 3 amide bonds. The molecule has 0 aromatic heterocycles. The smallest absolute Gasteiger partial charge is 0.254 e. The second-order valence-corrected chi connectivity index (χ2v) is 9.15. The van der Waals surface area contributed by atoms with Crippen molar-refractivity contribution in [3.05, 3.63) is 34.9 Å². The maximum Gasteiger partial charge on any atom is 0.254 e. The zero-order valence-electron chi connectivity index (χ0n) is 17.3. The van der Waals surface area contributed by atoms with Crippen molar-refractivity contribution in [3.8, 4) is 0 Å². The molecule has 7 heteroatoms. The number of carbonyl (C=O) groups excluding carboxylic acids is 3. The maximum atomic E-state index is 13.4. The number of fused-ring (bicyclic) bond motifs is 1. The molecule has 0 bridgehead atoms. The van der Waals surface area contributed by atoms with E-state index < -0.39 is 6.04 Å². The first-order valence-electron chi connectivity index (χ1n) is 11.2. The highest BCUT2D eigenvalue weighted by Crippen LogP contribution is 2.40. The van der Waals surface area contributed by atoms with Gasteiger partial charge in [0, 0.05) is 42.7 Å². The Labute approximate surface area is 182 Å². The van der Waals surface area contributed by atoms with Gasteiger partial charge in [-0.1, -0.05) is 30.5 Å². The van der Waals surface area contributed by atoms with E-state index >= 15 is 0 Å². The predicted molar refractivity (Wildman–Crippen MR) is 115 cm³/mol. The summed E-state index contributed by atoms with van der Waals surface area (Å²) >= 11 is 6.10. The number of benzene rings is 1. The fourth-order valence-electron chi connectivity index (χ4n) is 5.29. The van der Waals surface area contributed by atoms with Crippen LogP contribution in [0.15, 0.2) is 24.3 Å². The normalized spacial score (nSPS) is 25.8. The molecule has 2 heterocycles. The van der Waals surface area contributed by atoms with E-state index in [-0.39, 0.29) is 23.8 Å². The molecule has 1 aromatic rings. The molecule has 2 aliphatic heterocycles. The van der Waals surface area contributed by atoms with Crippen LogP contribution in [0.4, 0.5) is 0 Å². The zero-order valence-corrected chi connectivity index (χ0v) is 18.1. The van der Waals surface area contributed by atoms with E-state index in [9.17, 15) is 14.4 Å². The first-order chi connectivity index (χ1) is 14.5. The van der Waals surface area contributed by atoms with E-state index in [1.807, 2.05) is 4.90 Å². The summed E-state index contributed by atoms with van der Waals surface area (Å²) in [5, 5.41) is 3.45. The molecule has 6 nitrogen and oxygen atoms in total. The molecule has 2 saturated heterocycles. The van der Waals surface area contributed by atoms with Gasteiger partial charge in [0.1, 0.15) is 6.04 Å². The summed E-state index contributed by atoms with van der Waals surface area (Å²) in [6.07, 6.45) is 7.36. The third-order valence-electron chi connectivity index (χ3n) is 6.79. The molecule has 3 aliphatic rings. The minimum Gasteiger partial charge on any atom is -0.354 e. The first kappa shape index (κ1) is 21.2. The van der Waals surface area contributed by atoms with Crippen LogP contribution in [0, 0.1) is 5.92 Å². The molecule has 0 unspecified atom stereocenters. The van der Waals surface area contributed by atoms with Gasteiger partial charge in [0.25, 0.3) is 5.91 Å². The standard InChI is InChI=1S/C23H30ClN3O3/c24-18-8-5-7-17(14-18)23(30)27-19-9-2-1-6-16(19)15-20(27)22(29)25-11-10-21(28)26-12-3-4-13-26/h5,7-8,14,16,19-20H,1-4,6,9-13,15H2,(H,25,29)/t16-,19+,20-/m0/s1. The van der Waals surface area contributed by atoms with E-state index in [2.05, 4.69) is 5.32 Å². The lowest BCUT2D eigenvalue weighted by molar-refractivity contribution is -0.130. The summed E-state index contributed by atoms with van der Waals surface area (Å²) in [5.41, 5.74) is 0.524. The number of amides is 3. The zero-order chi connectivity index (χ0) is 21.1. The van der Waals surface area contributed by atoms with Gasteiger partial charge in [0.15, 0.2) is 0 Å². The number of halogens is 1. The molecule has 1 aliphatic carbocycles. The van der Waals surface area contributed by atoms with Gasteiger partial charge >= 0.3 is 0 Å². The maximum absolute atomic E-state index is 13.4. The summed E-state index contributed by atoms with van der Waals surface area (Å²) in [6, 6.07) is 6.56. The average molecular weight is 432 g/mol. The van der Waals surface area contributed by atoms with E-state index in [1.165, 1.54) is 0 Å². The van der Waals surface area contributed by atoms with Crippen LogP contribution >= 0.6 is 11.6 Å². The largest absolute Gasteiger partial charge is 0.354 e. The Morgan fingerprint density at radius 3 is 2.60 bits per heavy atom. The van der Waals surface area contributed by atoms with Crippen molar-refractivity contribution in [2.24, 2.45) is 5.92 Å². The van der Waals surface area contributed by atoms with Crippen LogP contribution in [0.5, 0.6) is 0 Å². The van der Waals surface area contributed by atoms with Crippen LogP contribution in [0.3, 0.4) is 0 Å². The Morgan fingerprint density at radius 1 is 1.07 bits per heavy atom. The molecule has 30 heavy (non-hydrogen) atoms.